The summed E-state index contributed by atoms with van der Waals surface area (Å²) in [4.78, 5) is 3.81. The van der Waals surface area contributed by atoms with Gasteiger partial charge >= 0.3 is 0 Å². The number of aliphatic hydroxyl groups excluding tert-OH is 1. The van der Waals surface area contributed by atoms with Crippen LogP contribution in [0.3, 0.4) is 0 Å². The van der Waals surface area contributed by atoms with Crippen LogP contribution in [-0.4, -0.2) is 36.5 Å². The molecule has 1 rings (SSSR count). The van der Waals surface area contributed by atoms with E-state index >= 15 is 0 Å². The molecule has 0 aliphatic rings. The summed E-state index contributed by atoms with van der Waals surface area (Å²) in [5.74, 6) is -0.346. The molecular formula is C12H19FN2O2. The summed E-state index contributed by atoms with van der Waals surface area (Å²) in [7, 11) is 1.61. The maximum Gasteiger partial charge on any atom is 0.141 e. The maximum absolute atomic E-state index is 13.0. The predicted octanol–water partition coefficient (Wildman–Crippen LogP) is 1.27. The fourth-order valence-corrected chi connectivity index (χ4v) is 1.69. The molecule has 0 radical (unpaired) electrons. The van der Waals surface area contributed by atoms with E-state index in [1.807, 2.05) is 6.92 Å². The first-order valence-corrected chi connectivity index (χ1v) is 5.63. The minimum Gasteiger partial charge on any atom is -0.396 e. The molecule has 0 fully saturated rings. The van der Waals surface area contributed by atoms with Gasteiger partial charge in [-0.15, -0.1) is 0 Å². The van der Waals surface area contributed by atoms with E-state index in [0.29, 0.717) is 13.0 Å². The first kappa shape index (κ1) is 14.0. The van der Waals surface area contributed by atoms with Crippen LogP contribution in [0.2, 0.25) is 0 Å². The normalized spacial score (nSPS) is 14.6. The lowest BCUT2D eigenvalue weighted by atomic mass is 10.1. The first-order chi connectivity index (χ1) is 8.17. The van der Waals surface area contributed by atoms with Crippen molar-refractivity contribution in [3.63, 3.8) is 0 Å². The highest BCUT2D eigenvalue weighted by atomic mass is 19.1. The number of hydrogen-bond acceptors (Lipinski definition) is 4. The molecule has 96 valence electrons. The van der Waals surface area contributed by atoms with Crippen molar-refractivity contribution in [2.24, 2.45) is 0 Å². The Labute approximate surface area is 101 Å². The fourth-order valence-electron chi connectivity index (χ4n) is 1.69. The molecule has 0 aliphatic heterocycles. The van der Waals surface area contributed by atoms with Gasteiger partial charge in [-0.05, 0) is 25.0 Å². The number of halogens is 1. The van der Waals surface area contributed by atoms with Crippen molar-refractivity contribution in [2.75, 3.05) is 20.3 Å². The molecule has 2 N–H and O–H groups in total. The average Bonchev–Trinajstić information content (AvgIpc) is 2.29. The van der Waals surface area contributed by atoms with Gasteiger partial charge in [0.1, 0.15) is 5.82 Å². The van der Waals surface area contributed by atoms with Gasteiger partial charge in [0, 0.05) is 32.0 Å². The quantitative estimate of drug-likeness (QED) is 0.756. The van der Waals surface area contributed by atoms with Gasteiger partial charge in [0.2, 0.25) is 0 Å². The topological polar surface area (TPSA) is 54.4 Å². The summed E-state index contributed by atoms with van der Waals surface area (Å²) in [6.45, 7) is 2.53. The minimum absolute atomic E-state index is 0.0371. The third-order valence-electron chi connectivity index (χ3n) is 2.56. The number of hydrogen-bond donors (Lipinski definition) is 2. The van der Waals surface area contributed by atoms with E-state index in [0.717, 1.165) is 5.56 Å². The second-order valence-corrected chi connectivity index (χ2v) is 3.99. The number of aliphatic hydroxyl groups is 1. The Morgan fingerprint density at radius 2 is 2.29 bits per heavy atom. The third kappa shape index (κ3) is 4.77. The summed E-state index contributed by atoms with van der Waals surface area (Å²) in [6.07, 6.45) is 3.40. The first-order valence-electron chi connectivity index (χ1n) is 5.63. The average molecular weight is 242 g/mol. The number of pyridine rings is 1. The van der Waals surface area contributed by atoms with Crippen LogP contribution in [-0.2, 0) is 4.74 Å². The molecule has 1 aromatic heterocycles. The van der Waals surface area contributed by atoms with Crippen LogP contribution < -0.4 is 5.32 Å². The molecule has 2 unspecified atom stereocenters. The molecule has 4 nitrogen and oxygen atoms in total. The van der Waals surface area contributed by atoms with E-state index in [9.17, 15) is 4.39 Å². The standard InChI is InChI=1S/C12H19FN2O2/c1-9(10-5-11(13)7-14-6-10)15-12(3-4-16)8-17-2/h5-7,9,12,15-16H,3-4,8H2,1-2H3. The molecule has 0 saturated carbocycles. The van der Waals surface area contributed by atoms with E-state index in [1.165, 1.54) is 12.3 Å². The van der Waals surface area contributed by atoms with E-state index in [4.69, 9.17) is 9.84 Å². The Hall–Kier alpha value is -1.04. The van der Waals surface area contributed by atoms with Crippen molar-refractivity contribution < 1.29 is 14.2 Å². The van der Waals surface area contributed by atoms with Crippen LogP contribution in [0, 0.1) is 5.82 Å². The molecule has 0 amide bonds. The lowest BCUT2D eigenvalue weighted by Crippen LogP contribution is -2.36. The molecule has 0 bridgehead atoms. The number of nitrogens with one attached hydrogen (secondary N) is 1. The van der Waals surface area contributed by atoms with Gasteiger partial charge < -0.3 is 15.2 Å². The molecule has 0 saturated heterocycles. The summed E-state index contributed by atoms with van der Waals surface area (Å²) in [6, 6.07) is 1.46. The Bertz CT molecular complexity index is 330. The molecule has 17 heavy (non-hydrogen) atoms. The zero-order chi connectivity index (χ0) is 12.7. The zero-order valence-corrected chi connectivity index (χ0v) is 10.2. The largest absolute Gasteiger partial charge is 0.396 e. The SMILES string of the molecule is COCC(CCO)NC(C)c1cncc(F)c1. The molecular weight excluding hydrogens is 223 g/mol. The van der Waals surface area contributed by atoms with Crippen molar-refractivity contribution in [3.8, 4) is 0 Å². The highest BCUT2D eigenvalue weighted by Crippen LogP contribution is 2.13. The maximum atomic E-state index is 13.0. The molecule has 5 heteroatoms. The van der Waals surface area contributed by atoms with Crippen LogP contribution >= 0.6 is 0 Å². The van der Waals surface area contributed by atoms with Gasteiger partial charge in [0.15, 0.2) is 0 Å². The van der Waals surface area contributed by atoms with Gasteiger partial charge in [-0.25, -0.2) is 4.39 Å². The van der Waals surface area contributed by atoms with Crippen LogP contribution in [0.4, 0.5) is 4.39 Å². The zero-order valence-electron chi connectivity index (χ0n) is 10.2. The van der Waals surface area contributed by atoms with Gasteiger partial charge in [0.25, 0.3) is 0 Å². The lowest BCUT2D eigenvalue weighted by molar-refractivity contribution is 0.143. The molecule has 2 atom stereocenters. The highest BCUT2D eigenvalue weighted by Gasteiger charge is 2.13. The summed E-state index contributed by atoms with van der Waals surface area (Å²) in [5, 5.41) is 12.2. The smallest absolute Gasteiger partial charge is 0.141 e. The third-order valence-corrected chi connectivity index (χ3v) is 2.56. The van der Waals surface area contributed by atoms with Crippen LogP contribution in [0.25, 0.3) is 0 Å². The van der Waals surface area contributed by atoms with Crippen LogP contribution in [0.15, 0.2) is 18.5 Å². The van der Waals surface area contributed by atoms with E-state index in [-0.39, 0.29) is 24.5 Å². The second-order valence-electron chi connectivity index (χ2n) is 3.99. The Kier molecular flexibility index (Phi) is 6.04. The molecule has 1 aromatic rings. The van der Waals surface area contributed by atoms with Crippen molar-refractivity contribution in [1.82, 2.24) is 10.3 Å². The molecule has 0 spiro atoms. The van der Waals surface area contributed by atoms with Crippen LogP contribution in [0.5, 0.6) is 0 Å². The Morgan fingerprint density at radius 3 is 2.88 bits per heavy atom. The van der Waals surface area contributed by atoms with Crippen molar-refractivity contribution >= 4 is 0 Å². The number of rotatable bonds is 7. The van der Waals surface area contributed by atoms with Crippen molar-refractivity contribution in [1.29, 1.82) is 0 Å². The lowest BCUT2D eigenvalue weighted by Gasteiger charge is -2.22. The Morgan fingerprint density at radius 1 is 1.53 bits per heavy atom. The molecule has 0 aliphatic carbocycles. The number of nitrogens with zero attached hydrogens (tertiary/aromatic N) is 1. The van der Waals surface area contributed by atoms with Gasteiger partial charge in [-0.2, -0.15) is 0 Å². The monoisotopic (exact) mass is 242 g/mol. The van der Waals surface area contributed by atoms with Crippen molar-refractivity contribution in [3.05, 3.63) is 29.8 Å². The van der Waals surface area contributed by atoms with E-state index in [1.54, 1.807) is 13.3 Å². The minimum atomic E-state index is -0.346. The second kappa shape index (κ2) is 7.32. The summed E-state index contributed by atoms with van der Waals surface area (Å²) < 4.78 is 18.1. The van der Waals surface area contributed by atoms with Gasteiger partial charge in [-0.3, -0.25) is 4.98 Å². The molecule has 0 aromatic carbocycles. The molecule has 1 heterocycles. The summed E-state index contributed by atoms with van der Waals surface area (Å²) >= 11 is 0. The Balaban J connectivity index is 2.59. The van der Waals surface area contributed by atoms with Crippen LogP contribution in [0.1, 0.15) is 24.9 Å². The van der Waals surface area contributed by atoms with Gasteiger partial charge in [0.05, 0.1) is 12.8 Å². The van der Waals surface area contributed by atoms with E-state index in [2.05, 4.69) is 10.3 Å². The van der Waals surface area contributed by atoms with Crippen molar-refractivity contribution in [2.45, 2.75) is 25.4 Å². The fraction of sp³-hybridized carbons (Fsp3) is 0.583. The van der Waals surface area contributed by atoms with Gasteiger partial charge in [-0.1, -0.05) is 0 Å². The summed E-state index contributed by atoms with van der Waals surface area (Å²) in [5.41, 5.74) is 0.782. The van der Waals surface area contributed by atoms with E-state index < -0.39 is 0 Å². The number of aromatic nitrogens is 1. The predicted molar refractivity (Wildman–Crippen MR) is 63.1 cm³/mol. The number of ether oxygens (including phenoxy) is 1. The highest BCUT2D eigenvalue weighted by molar-refractivity contribution is 5.14. The number of methoxy groups -OCH3 is 1.